The molecule has 1 N–H and O–H groups in total. The first-order valence-corrected chi connectivity index (χ1v) is 9.13. The Morgan fingerprint density at radius 1 is 1.26 bits per heavy atom. The third kappa shape index (κ3) is 3.88. The molecule has 3 aromatic rings. The predicted octanol–water partition coefficient (Wildman–Crippen LogP) is 4.05. The van der Waals surface area contributed by atoms with Crippen LogP contribution in [0, 0.1) is 6.92 Å². The van der Waals surface area contributed by atoms with Crippen LogP contribution in [0.3, 0.4) is 0 Å². The third-order valence-electron chi connectivity index (χ3n) is 3.58. The van der Waals surface area contributed by atoms with Gasteiger partial charge in [0.2, 0.25) is 0 Å². The Kier molecular flexibility index (Phi) is 5.25. The molecule has 23 heavy (non-hydrogen) atoms. The topological polar surface area (TPSA) is 50.9 Å². The van der Waals surface area contributed by atoms with Crippen LogP contribution in [0.25, 0.3) is 11.4 Å². The van der Waals surface area contributed by atoms with Crippen molar-refractivity contribution in [2.75, 3.05) is 6.61 Å². The van der Waals surface area contributed by atoms with E-state index in [1.54, 1.807) is 11.3 Å². The van der Waals surface area contributed by atoms with E-state index in [1.807, 2.05) is 22.9 Å². The van der Waals surface area contributed by atoms with Crippen LogP contribution in [0.2, 0.25) is 0 Å². The molecule has 0 aliphatic heterocycles. The highest BCUT2D eigenvalue weighted by atomic mass is 79.9. The van der Waals surface area contributed by atoms with Crippen LogP contribution in [0.5, 0.6) is 0 Å². The summed E-state index contributed by atoms with van der Waals surface area (Å²) in [6, 6.07) is 12.4. The molecule has 0 spiro atoms. The lowest BCUT2D eigenvalue weighted by Gasteiger charge is -2.05. The summed E-state index contributed by atoms with van der Waals surface area (Å²) in [7, 11) is 0. The van der Waals surface area contributed by atoms with Gasteiger partial charge in [-0.1, -0.05) is 30.3 Å². The van der Waals surface area contributed by atoms with Gasteiger partial charge in [0.15, 0.2) is 11.6 Å². The van der Waals surface area contributed by atoms with Crippen molar-refractivity contribution in [1.82, 2.24) is 14.8 Å². The lowest BCUT2D eigenvalue weighted by atomic mass is 10.2. The Labute approximate surface area is 147 Å². The van der Waals surface area contributed by atoms with Crippen molar-refractivity contribution in [3.8, 4) is 11.4 Å². The molecule has 2 heterocycles. The number of hydrogen-bond donors (Lipinski definition) is 1. The monoisotopic (exact) mass is 391 g/mol. The summed E-state index contributed by atoms with van der Waals surface area (Å²) in [5.41, 5.74) is 2.31. The summed E-state index contributed by atoms with van der Waals surface area (Å²) < 4.78 is 3.06. The van der Waals surface area contributed by atoms with E-state index >= 15 is 0 Å². The Morgan fingerprint density at radius 2 is 2.04 bits per heavy atom. The molecule has 0 fully saturated rings. The molecular weight excluding hydrogens is 374 g/mol. The fourth-order valence-electron chi connectivity index (χ4n) is 2.47. The number of hydrogen-bond acceptors (Lipinski definition) is 4. The molecule has 120 valence electrons. The number of benzene rings is 1. The fraction of sp³-hybridized carbons (Fsp3) is 0.294. The predicted molar refractivity (Wildman–Crippen MR) is 96.7 cm³/mol. The van der Waals surface area contributed by atoms with E-state index < -0.39 is 0 Å². The zero-order valence-corrected chi connectivity index (χ0v) is 15.3. The first-order valence-electron chi connectivity index (χ1n) is 7.52. The molecule has 0 bridgehead atoms. The Bertz CT molecular complexity index is 782. The first-order chi connectivity index (χ1) is 11.2. The third-order valence-corrected chi connectivity index (χ3v) is 5.13. The summed E-state index contributed by atoms with van der Waals surface area (Å²) in [5, 5.41) is 13.7. The van der Waals surface area contributed by atoms with E-state index in [9.17, 15) is 0 Å². The van der Waals surface area contributed by atoms with Gasteiger partial charge in [0.25, 0.3) is 0 Å². The second-order valence-corrected chi connectivity index (χ2v) is 7.98. The van der Waals surface area contributed by atoms with Crippen LogP contribution in [0.1, 0.15) is 22.7 Å². The van der Waals surface area contributed by atoms with Gasteiger partial charge in [-0.15, -0.1) is 11.3 Å². The number of nitrogens with zero attached hydrogens (tertiary/aromatic N) is 3. The maximum Gasteiger partial charge on any atom is 0.159 e. The van der Waals surface area contributed by atoms with Gasteiger partial charge in [0, 0.05) is 23.5 Å². The Morgan fingerprint density at radius 3 is 2.70 bits per heavy atom. The van der Waals surface area contributed by atoms with Crippen LogP contribution in [-0.4, -0.2) is 26.5 Å². The van der Waals surface area contributed by atoms with Gasteiger partial charge < -0.3 is 5.11 Å². The van der Waals surface area contributed by atoms with E-state index in [4.69, 9.17) is 10.1 Å². The van der Waals surface area contributed by atoms with Gasteiger partial charge in [-0.05, 0) is 40.9 Å². The maximum absolute atomic E-state index is 9.04. The number of thiophene rings is 1. The van der Waals surface area contributed by atoms with E-state index in [2.05, 4.69) is 46.2 Å². The molecule has 3 rings (SSSR count). The molecule has 2 aromatic heterocycles. The molecule has 0 radical (unpaired) electrons. The second kappa shape index (κ2) is 7.38. The SMILES string of the molecule is Cc1sc(Br)cc1-c1nc(CCCO)nn1Cc1ccccc1. The summed E-state index contributed by atoms with van der Waals surface area (Å²) in [4.78, 5) is 5.93. The Balaban J connectivity index is 1.98. The number of aliphatic hydroxyl groups excluding tert-OH is 1. The molecule has 0 atom stereocenters. The van der Waals surface area contributed by atoms with E-state index in [1.165, 1.54) is 10.4 Å². The van der Waals surface area contributed by atoms with Gasteiger partial charge in [-0.2, -0.15) is 5.10 Å². The zero-order valence-electron chi connectivity index (χ0n) is 12.9. The summed E-state index contributed by atoms with van der Waals surface area (Å²) >= 11 is 5.25. The highest BCUT2D eigenvalue weighted by Gasteiger charge is 2.16. The second-order valence-electron chi connectivity index (χ2n) is 5.34. The van der Waals surface area contributed by atoms with Gasteiger partial charge in [0.1, 0.15) is 0 Å². The van der Waals surface area contributed by atoms with Crippen molar-refractivity contribution in [2.45, 2.75) is 26.3 Å². The van der Waals surface area contributed by atoms with E-state index in [0.717, 1.165) is 21.0 Å². The van der Waals surface area contributed by atoms with Gasteiger partial charge in [-0.3, -0.25) is 0 Å². The largest absolute Gasteiger partial charge is 0.396 e. The lowest BCUT2D eigenvalue weighted by molar-refractivity contribution is 0.287. The molecule has 0 aliphatic rings. The van der Waals surface area contributed by atoms with Gasteiger partial charge in [0.05, 0.1) is 10.3 Å². The minimum Gasteiger partial charge on any atom is -0.396 e. The van der Waals surface area contributed by atoms with Crippen molar-refractivity contribution in [2.24, 2.45) is 0 Å². The molecule has 0 saturated carbocycles. The highest BCUT2D eigenvalue weighted by Crippen LogP contribution is 2.33. The lowest BCUT2D eigenvalue weighted by Crippen LogP contribution is -2.04. The summed E-state index contributed by atoms with van der Waals surface area (Å²) in [6.07, 6.45) is 1.37. The molecule has 4 nitrogen and oxygen atoms in total. The van der Waals surface area contributed by atoms with Crippen molar-refractivity contribution < 1.29 is 5.11 Å². The number of rotatable bonds is 6. The molecule has 1 aromatic carbocycles. The highest BCUT2D eigenvalue weighted by molar-refractivity contribution is 9.11. The van der Waals surface area contributed by atoms with Crippen LogP contribution in [0.15, 0.2) is 40.2 Å². The molecule has 0 saturated heterocycles. The normalized spacial score (nSPS) is 11.1. The average Bonchev–Trinajstić information content (AvgIpc) is 3.08. The Hall–Kier alpha value is -1.50. The number of aromatic nitrogens is 3. The van der Waals surface area contributed by atoms with Gasteiger partial charge in [-0.25, -0.2) is 9.67 Å². The molecule has 0 unspecified atom stereocenters. The number of aliphatic hydroxyl groups is 1. The standard InChI is InChI=1S/C17H18BrN3OS/c1-12-14(10-15(18)23-12)17-19-16(8-5-9-22)20-21(17)11-13-6-3-2-4-7-13/h2-4,6-7,10,22H,5,8-9,11H2,1H3. The van der Waals surface area contributed by atoms with Crippen molar-refractivity contribution in [3.63, 3.8) is 0 Å². The summed E-state index contributed by atoms with van der Waals surface area (Å²) in [6.45, 7) is 2.94. The molecule has 6 heteroatoms. The zero-order chi connectivity index (χ0) is 16.2. The van der Waals surface area contributed by atoms with Gasteiger partial charge >= 0.3 is 0 Å². The number of halogens is 1. The molecule has 0 aliphatic carbocycles. The first kappa shape index (κ1) is 16.4. The van der Waals surface area contributed by atoms with Crippen LogP contribution in [-0.2, 0) is 13.0 Å². The maximum atomic E-state index is 9.04. The number of aryl methyl sites for hydroxylation is 2. The van der Waals surface area contributed by atoms with E-state index in [0.29, 0.717) is 19.4 Å². The van der Waals surface area contributed by atoms with Crippen LogP contribution in [0.4, 0.5) is 0 Å². The van der Waals surface area contributed by atoms with E-state index in [-0.39, 0.29) is 6.61 Å². The molecule has 0 amide bonds. The van der Waals surface area contributed by atoms with Crippen molar-refractivity contribution in [3.05, 3.63) is 56.4 Å². The summed E-state index contributed by atoms with van der Waals surface area (Å²) in [5.74, 6) is 1.67. The van der Waals surface area contributed by atoms with Crippen molar-refractivity contribution >= 4 is 27.3 Å². The van der Waals surface area contributed by atoms with Crippen LogP contribution >= 0.6 is 27.3 Å². The smallest absolute Gasteiger partial charge is 0.159 e. The minimum absolute atomic E-state index is 0.158. The minimum atomic E-state index is 0.158. The average molecular weight is 392 g/mol. The quantitative estimate of drug-likeness (QED) is 0.689. The fourth-order valence-corrected chi connectivity index (χ4v) is 4.15. The van der Waals surface area contributed by atoms with Crippen molar-refractivity contribution in [1.29, 1.82) is 0 Å². The molecular formula is C17H18BrN3OS. The van der Waals surface area contributed by atoms with Crippen LogP contribution < -0.4 is 0 Å².